The Labute approximate surface area is 326 Å². The van der Waals surface area contributed by atoms with Gasteiger partial charge in [0, 0.05) is 37.1 Å². The maximum atomic E-state index is 12.7. The lowest BCUT2D eigenvalue weighted by Crippen LogP contribution is -2.46. The van der Waals surface area contributed by atoms with E-state index >= 15 is 0 Å². The van der Waals surface area contributed by atoms with Crippen LogP contribution >= 0.6 is 35.2 Å². The van der Waals surface area contributed by atoms with Gasteiger partial charge in [0.15, 0.2) is 17.7 Å². The van der Waals surface area contributed by atoms with Crippen LogP contribution in [-0.4, -0.2) is 140 Å². The maximum Gasteiger partial charge on any atom is 0.481 e. The number of ether oxygens (including phenoxy) is 1. The Bertz CT molecular complexity index is 1900. The fourth-order valence-corrected chi connectivity index (χ4v) is 8.35. The molecule has 0 aliphatic carbocycles. The number of aliphatic hydroxyl groups is 2. The predicted molar refractivity (Wildman–Crippen MR) is 192 cm³/mol. The minimum absolute atomic E-state index is 0.0176. The molecule has 3 rings (SSSR count). The first-order valence-electron chi connectivity index (χ1n) is 16.4. The zero-order valence-electron chi connectivity index (χ0n) is 30.0. The van der Waals surface area contributed by atoms with Crippen LogP contribution in [0.4, 0.5) is 5.82 Å². The number of carbonyl (C=O) groups excluding carboxylic acids is 3. The first kappa shape index (κ1) is 48.4. The number of imidazole rings is 1. The average molecular weight is 897 g/mol. The Kier molecular flexibility index (Phi) is 17.2. The molecular weight excluding hydrogens is 853 g/mol. The summed E-state index contributed by atoms with van der Waals surface area (Å²) in [5.41, 5.74) is 9.80. The molecule has 3 unspecified atom stereocenters. The molecule has 2 aromatic rings. The number of hydrogen-bond acceptors (Lipinski definition) is 20. The summed E-state index contributed by atoms with van der Waals surface area (Å²) in [7, 11) is -16.5. The van der Waals surface area contributed by atoms with Gasteiger partial charge in [0.25, 0.3) is 0 Å². The van der Waals surface area contributed by atoms with Crippen molar-refractivity contribution in [1.29, 1.82) is 0 Å². The van der Waals surface area contributed by atoms with Crippen LogP contribution in [0.3, 0.4) is 0 Å². The number of nitrogens with one attached hydrogen (secondary N) is 2. The fraction of sp³-hybridized carbons (Fsp3) is 0.654. The number of phosphoric acid groups is 3. The Morgan fingerprint density at radius 1 is 1.04 bits per heavy atom. The second-order valence-electron chi connectivity index (χ2n) is 12.8. The quantitative estimate of drug-likeness (QED) is 0.0419. The molecule has 31 heteroatoms. The number of aliphatic carboxylic acids is 1. The zero-order valence-corrected chi connectivity index (χ0v) is 33.5. The van der Waals surface area contributed by atoms with Crippen molar-refractivity contribution in [3.8, 4) is 0 Å². The Morgan fingerprint density at radius 3 is 2.35 bits per heavy atom. The lowest BCUT2D eigenvalue weighted by molar-refractivity contribution is -0.138. The summed E-state index contributed by atoms with van der Waals surface area (Å²) >= 11 is 0.812. The van der Waals surface area contributed by atoms with Crippen LogP contribution in [0.25, 0.3) is 11.2 Å². The van der Waals surface area contributed by atoms with Gasteiger partial charge in [0.05, 0.1) is 25.6 Å². The minimum Gasteiger partial charge on any atom is -0.481 e. The summed E-state index contributed by atoms with van der Waals surface area (Å²) in [5, 5.41) is 34.4. The highest BCUT2D eigenvalue weighted by molar-refractivity contribution is 8.13. The van der Waals surface area contributed by atoms with Crippen molar-refractivity contribution >= 4 is 75.1 Å². The van der Waals surface area contributed by atoms with E-state index in [9.17, 15) is 62.7 Å². The number of carbonyl (C=O) groups is 4. The fourth-order valence-electron chi connectivity index (χ4n) is 4.79. The first-order chi connectivity index (χ1) is 26.3. The lowest BCUT2D eigenvalue weighted by atomic mass is 9.87. The number of anilines is 1. The number of nitrogens with two attached hydrogens (primary N) is 2. The van der Waals surface area contributed by atoms with Crippen LogP contribution in [0, 0.1) is 5.41 Å². The summed E-state index contributed by atoms with van der Waals surface area (Å²) in [5.74, 6) is -2.56. The summed E-state index contributed by atoms with van der Waals surface area (Å²) in [4.78, 5) is 98.0. The molecule has 3 heterocycles. The number of rotatable bonds is 23. The molecule has 0 aromatic carbocycles. The van der Waals surface area contributed by atoms with E-state index in [4.69, 9.17) is 30.4 Å². The number of carboxylic acids is 1. The highest BCUT2D eigenvalue weighted by Crippen LogP contribution is 2.61. The molecule has 0 bridgehead atoms. The normalized spacial score (nSPS) is 22.0. The molecule has 1 saturated heterocycles. The van der Waals surface area contributed by atoms with E-state index in [2.05, 4.69) is 34.4 Å². The maximum absolute atomic E-state index is 12.7. The van der Waals surface area contributed by atoms with E-state index in [0.717, 1.165) is 29.0 Å². The van der Waals surface area contributed by atoms with Gasteiger partial charge in [-0.3, -0.25) is 37.3 Å². The number of hydrogen-bond donors (Lipinski definition) is 11. The summed E-state index contributed by atoms with van der Waals surface area (Å²) < 4.78 is 62.0. The number of aromatic nitrogens is 4. The monoisotopic (exact) mass is 896 g/mol. The number of nitrogen functional groups attached to an aromatic ring is 1. The molecule has 2 amide bonds. The molecule has 1 fully saturated rings. The Balaban J connectivity index is 1.47. The third-order valence-electron chi connectivity index (χ3n) is 7.72. The van der Waals surface area contributed by atoms with Gasteiger partial charge < -0.3 is 61.7 Å². The van der Waals surface area contributed by atoms with Crippen molar-refractivity contribution in [1.82, 2.24) is 30.2 Å². The summed E-state index contributed by atoms with van der Waals surface area (Å²) in [6.07, 6.45) is -7.43. The Hall–Kier alpha value is -3.01. The molecule has 0 radical (unpaired) electrons. The zero-order chi connectivity index (χ0) is 42.9. The number of phosphoric ester groups is 3. The van der Waals surface area contributed by atoms with Crippen LogP contribution in [0.15, 0.2) is 12.7 Å². The molecule has 322 valence electrons. The number of carboxylic acid groups (broad SMARTS) is 1. The van der Waals surface area contributed by atoms with E-state index in [1.54, 1.807) is 0 Å². The van der Waals surface area contributed by atoms with Gasteiger partial charge >= 0.3 is 29.4 Å². The SMILES string of the molecule is CC(C)(COP(=O)(O)OP(=O)(O)OC[C@H]1O[C@@H](n2cnc3c(N)ncnc32)[C@H](O)[C@@H]1OP(=O)(O)O)C(O)C(=O)NCCC(=O)NCCSC(=O)[C@@H](N)CCC(=O)O. The molecule has 0 saturated carbocycles. The van der Waals surface area contributed by atoms with Crippen LogP contribution in [0.1, 0.15) is 39.3 Å². The van der Waals surface area contributed by atoms with E-state index in [-0.39, 0.29) is 55.1 Å². The number of thioether (sulfide) groups is 1. The molecule has 1 aliphatic rings. The van der Waals surface area contributed by atoms with Gasteiger partial charge in [0.2, 0.25) is 16.9 Å². The molecule has 8 atom stereocenters. The standard InChI is InChI=1S/C26H43N8O19P3S/c1-26(2,20(39)23(40)30-6-5-15(35)29-7-8-57-25(41)13(27)3-4-16(36)37)10-50-56(47,48)53-55(45,46)49-9-14-19(52-54(42,43)44)18(38)24(51-14)34-12-33-17-21(28)31-11-32-22(17)34/h11-14,18-20,24,38-39H,3-10,27H2,1-2H3,(H,29,35)(H,30,40)(H,36,37)(H,45,46)(H,47,48)(H2,28,31,32)(H2,42,43,44)/t13-,14+,18+,19+,20?,24+/m0/s1. The number of aliphatic hydroxyl groups excluding tert-OH is 2. The highest BCUT2D eigenvalue weighted by Gasteiger charge is 2.50. The lowest BCUT2D eigenvalue weighted by Gasteiger charge is -2.30. The van der Waals surface area contributed by atoms with Gasteiger partial charge in [-0.1, -0.05) is 25.6 Å². The van der Waals surface area contributed by atoms with Gasteiger partial charge in [-0.25, -0.2) is 28.6 Å². The molecule has 0 spiro atoms. The van der Waals surface area contributed by atoms with Crippen molar-refractivity contribution in [2.45, 2.75) is 69.8 Å². The van der Waals surface area contributed by atoms with Crippen LogP contribution < -0.4 is 22.1 Å². The summed E-state index contributed by atoms with van der Waals surface area (Å²) in [6.45, 7) is 0.155. The van der Waals surface area contributed by atoms with E-state index in [1.807, 2.05) is 0 Å². The van der Waals surface area contributed by atoms with Gasteiger partial charge in [-0.2, -0.15) is 4.31 Å². The number of fused-ring (bicyclic) bond motifs is 1. The van der Waals surface area contributed by atoms with E-state index < -0.39 is 102 Å². The smallest absolute Gasteiger partial charge is 0.481 e. The second kappa shape index (κ2) is 20.3. The van der Waals surface area contributed by atoms with Crippen molar-refractivity contribution in [3.05, 3.63) is 12.7 Å². The molecule has 13 N–H and O–H groups in total. The van der Waals surface area contributed by atoms with Crippen molar-refractivity contribution < 1.29 is 90.4 Å². The van der Waals surface area contributed by atoms with E-state index in [0.29, 0.717) is 0 Å². The highest BCUT2D eigenvalue weighted by atomic mass is 32.2. The molecule has 2 aromatic heterocycles. The van der Waals surface area contributed by atoms with Gasteiger partial charge in [0.1, 0.15) is 36.3 Å². The van der Waals surface area contributed by atoms with Crippen molar-refractivity contribution in [2.24, 2.45) is 11.1 Å². The molecule has 27 nitrogen and oxygen atoms in total. The van der Waals surface area contributed by atoms with Crippen molar-refractivity contribution in [2.75, 3.05) is 37.8 Å². The second-order valence-corrected chi connectivity index (χ2v) is 18.1. The average Bonchev–Trinajstić information content (AvgIpc) is 3.66. The Morgan fingerprint density at radius 2 is 1.70 bits per heavy atom. The summed E-state index contributed by atoms with van der Waals surface area (Å²) in [6, 6.07) is -0.973. The third-order valence-corrected chi connectivity index (χ3v) is 11.8. The van der Waals surface area contributed by atoms with E-state index in [1.165, 1.54) is 13.8 Å². The van der Waals surface area contributed by atoms with Crippen molar-refractivity contribution in [3.63, 3.8) is 0 Å². The van der Waals surface area contributed by atoms with Crippen LogP contribution in [-0.2, 0) is 55.5 Å². The first-order valence-corrected chi connectivity index (χ1v) is 21.9. The van der Waals surface area contributed by atoms with Gasteiger partial charge in [-0.05, 0) is 6.42 Å². The van der Waals surface area contributed by atoms with Crippen LogP contribution in [0.2, 0.25) is 0 Å². The predicted octanol–water partition coefficient (Wildman–Crippen LogP) is -2.14. The molecule has 1 aliphatic heterocycles. The molecular formula is C26H43N8O19P3S. The largest absolute Gasteiger partial charge is 0.481 e. The minimum atomic E-state index is -5.59. The van der Waals surface area contributed by atoms with Gasteiger partial charge in [-0.15, -0.1) is 0 Å². The number of amides is 2. The third kappa shape index (κ3) is 15.0. The van der Waals surface area contributed by atoms with Crippen LogP contribution in [0.5, 0.6) is 0 Å². The molecule has 57 heavy (non-hydrogen) atoms. The topological polar surface area (TPSA) is 427 Å². The number of nitrogens with zero attached hydrogens (tertiary/aromatic N) is 4.